The third-order valence-electron chi connectivity index (χ3n) is 5.42. The SMILES string of the molecule is C#C[C@H](CC(=O)O)NC(=O)CN(C(=O)CCCc1ccnc2c1CCCN2)C1CC1. The van der Waals surface area contributed by atoms with Crippen molar-refractivity contribution in [3.8, 4) is 12.3 Å². The normalized spacial score (nSPS) is 15.8. The van der Waals surface area contributed by atoms with Crippen LogP contribution in [0.5, 0.6) is 0 Å². The van der Waals surface area contributed by atoms with Crippen molar-refractivity contribution < 1.29 is 19.5 Å². The van der Waals surface area contributed by atoms with Crippen LogP contribution in [0.1, 0.15) is 49.7 Å². The molecule has 0 unspecified atom stereocenters. The van der Waals surface area contributed by atoms with Gasteiger partial charge in [0.15, 0.2) is 0 Å². The molecule has 1 aliphatic carbocycles. The molecular weight excluding hydrogens is 384 g/mol. The first kappa shape index (κ1) is 21.6. The van der Waals surface area contributed by atoms with Crippen LogP contribution in [0.4, 0.5) is 5.82 Å². The number of carbonyl (C=O) groups is 3. The zero-order valence-corrected chi connectivity index (χ0v) is 17.0. The molecule has 1 aromatic heterocycles. The van der Waals surface area contributed by atoms with Crippen molar-refractivity contribution in [2.75, 3.05) is 18.4 Å². The number of rotatable bonds is 10. The molecule has 160 valence electrons. The van der Waals surface area contributed by atoms with Gasteiger partial charge in [-0.05, 0) is 55.7 Å². The van der Waals surface area contributed by atoms with Crippen LogP contribution in [0.3, 0.4) is 0 Å². The Kier molecular flexibility index (Phi) is 7.28. The first-order chi connectivity index (χ1) is 14.5. The molecule has 2 heterocycles. The first-order valence-corrected chi connectivity index (χ1v) is 10.4. The summed E-state index contributed by atoms with van der Waals surface area (Å²) in [6.07, 6.45) is 12.4. The smallest absolute Gasteiger partial charge is 0.306 e. The van der Waals surface area contributed by atoms with Gasteiger partial charge in [0.1, 0.15) is 11.9 Å². The van der Waals surface area contributed by atoms with E-state index < -0.39 is 17.9 Å². The minimum Gasteiger partial charge on any atom is -0.481 e. The number of carboxylic acid groups (broad SMARTS) is 1. The molecule has 3 rings (SSSR count). The zero-order chi connectivity index (χ0) is 21.5. The maximum atomic E-state index is 12.8. The molecule has 8 heteroatoms. The topological polar surface area (TPSA) is 112 Å². The molecule has 0 saturated heterocycles. The maximum absolute atomic E-state index is 12.8. The number of nitrogens with zero attached hydrogens (tertiary/aromatic N) is 2. The predicted octanol–water partition coefficient (Wildman–Crippen LogP) is 1.35. The third kappa shape index (κ3) is 5.96. The van der Waals surface area contributed by atoms with E-state index in [1.165, 1.54) is 11.1 Å². The highest BCUT2D eigenvalue weighted by molar-refractivity contribution is 5.86. The van der Waals surface area contributed by atoms with Gasteiger partial charge in [-0.15, -0.1) is 6.42 Å². The summed E-state index contributed by atoms with van der Waals surface area (Å²) in [5, 5.41) is 14.7. The van der Waals surface area contributed by atoms with Gasteiger partial charge in [0, 0.05) is 25.2 Å². The summed E-state index contributed by atoms with van der Waals surface area (Å²) in [7, 11) is 0. The van der Waals surface area contributed by atoms with Crippen molar-refractivity contribution in [1.29, 1.82) is 0 Å². The molecule has 3 N–H and O–H groups in total. The van der Waals surface area contributed by atoms with E-state index in [1.54, 1.807) is 11.1 Å². The molecule has 1 aromatic rings. The van der Waals surface area contributed by atoms with Gasteiger partial charge in [-0.2, -0.15) is 0 Å². The minimum atomic E-state index is -1.08. The number of nitrogens with one attached hydrogen (secondary N) is 2. The lowest BCUT2D eigenvalue weighted by Crippen LogP contribution is -2.45. The van der Waals surface area contributed by atoms with Crippen molar-refractivity contribution in [1.82, 2.24) is 15.2 Å². The second-order valence-corrected chi connectivity index (χ2v) is 7.82. The number of amides is 2. The summed E-state index contributed by atoms with van der Waals surface area (Å²) in [4.78, 5) is 41.8. The van der Waals surface area contributed by atoms with Crippen LogP contribution in [0, 0.1) is 12.3 Å². The fourth-order valence-corrected chi connectivity index (χ4v) is 3.77. The van der Waals surface area contributed by atoms with Crippen LogP contribution in [0.25, 0.3) is 0 Å². The lowest BCUT2D eigenvalue weighted by molar-refractivity contribution is -0.139. The lowest BCUT2D eigenvalue weighted by atomic mass is 9.97. The second-order valence-electron chi connectivity index (χ2n) is 7.82. The third-order valence-corrected chi connectivity index (χ3v) is 5.42. The monoisotopic (exact) mass is 412 g/mol. The molecule has 1 atom stereocenters. The second kappa shape index (κ2) is 10.1. The van der Waals surface area contributed by atoms with Crippen molar-refractivity contribution >= 4 is 23.6 Å². The summed E-state index contributed by atoms with van der Waals surface area (Å²) in [5.74, 6) is 1.66. The zero-order valence-electron chi connectivity index (χ0n) is 17.0. The van der Waals surface area contributed by atoms with Crippen LogP contribution >= 0.6 is 0 Å². The van der Waals surface area contributed by atoms with Crippen molar-refractivity contribution in [3.63, 3.8) is 0 Å². The highest BCUT2D eigenvalue weighted by Crippen LogP contribution is 2.28. The van der Waals surface area contributed by atoms with E-state index in [2.05, 4.69) is 21.5 Å². The number of carboxylic acids is 1. The molecule has 1 aliphatic heterocycles. The standard InChI is InChI=1S/C22H28N4O4/c1-2-16(13-21(29)30)25-19(27)14-26(17-8-9-17)20(28)7-3-5-15-10-12-24-22-18(15)6-4-11-23-22/h1,10,12,16-17H,3-9,11,13-14H2,(H,23,24)(H,25,27)(H,29,30)/t16-/m1/s1. The number of hydrogen-bond donors (Lipinski definition) is 3. The number of anilines is 1. The number of pyridine rings is 1. The van der Waals surface area contributed by atoms with Crippen molar-refractivity contribution in [2.24, 2.45) is 0 Å². The molecule has 8 nitrogen and oxygen atoms in total. The molecule has 2 amide bonds. The van der Waals surface area contributed by atoms with Gasteiger partial charge >= 0.3 is 5.97 Å². The van der Waals surface area contributed by atoms with Gasteiger partial charge in [0.25, 0.3) is 0 Å². The van der Waals surface area contributed by atoms with Gasteiger partial charge in [-0.3, -0.25) is 14.4 Å². The van der Waals surface area contributed by atoms with E-state index in [4.69, 9.17) is 11.5 Å². The molecule has 0 spiro atoms. The summed E-state index contributed by atoms with van der Waals surface area (Å²) < 4.78 is 0. The fourth-order valence-electron chi connectivity index (χ4n) is 3.77. The van der Waals surface area contributed by atoms with E-state index in [0.717, 1.165) is 44.5 Å². The quantitative estimate of drug-likeness (QED) is 0.500. The molecule has 0 aromatic carbocycles. The van der Waals surface area contributed by atoms with Crippen LogP contribution < -0.4 is 10.6 Å². The highest BCUT2D eigenvalue weighted by Gasteiger charge is 2.33. The number of fused-ring (bicyclic) bond motifs is 1. The number of aryl methyl sites for hydroxylation is 1. The first-order valence-electron chi connectivity index (χ1n) is 10.4. The number of carbonyl (C=O) groups excluding carboxylic acids is 2. The Morgan fingerprint density at radius 1 is 1.40 bits per heavy atom. The largest absolute Gasteiger partial charge is 0.481 e. The average molecular weight is 412 g/mol. The predicted molar refractivity (Wildman–Crippen MR) is 112 cm³/mol. The Morgan fingerprint density at radius 3 is 2.90 bits per heavy atom. The van der Waals surface area contributed by atoms with E-state index in [-0.39, 0.29) is 24.9 Å². The summed E-state index contributed by atoms with van der Waals surface area (Å²) in [5.41, 5.74) is 2.47. The van der Waals surface area contributed by atoms with Crippen LogP contribution in [-0.2, 0) is 27.2 Å². The van der Waals surface area contributed by atoms with Crippen LogP contribution in [0.15, 0.2) is 12.3 Å². The average Bonchev–Trinajstić information content (AvgIpc) is 3.56. The van der Waals surface area contributed by atoms with Gasteiger partial charge in [-0.1, -0.05) is 5.92 Å². The van der Waals surface area contributed by atoms with Gasteiger partial charge in [0.05, 0.1) is 13.0 Å². The van der Waals surface area contributed by atoms with Gasteiger partial charge < -0.3 is 20.6 Å². The van der Waals surface area contributed by atoms with E-state index in [9.17, 15) is 14.4 Å². The maximum Gasteiger partial charge on any atom is 0.306 e. The molecule has 1 fully saturated rings. The molecule has 0 radical (unpaired) electrons. The molecule has 1 saturated carbocycles. The Labute approximate surface area is 176 Å². The van der Waals surface area contributed by atoms with Gasteiger partial charge in [-0.25, -0.2) is 4.98 Å². The Bertz CT molecular complexity index is 844. The fraction of sp³-hybridized carbons (Fsp3) is 0.545. The molecule has 30 heavy (non-hydrogen) atoms. The number of aromatic nitrogens is 1. The highest BCUT2D eigenvalue weighted by atomic mass is 16.4. The molecule has 0 bridgehead atoms. The van der Waals surface area contributed by atoms with Crippen LogP contribution in [-0.4, -0.2) is 57.9 Å². The van der Waals surface area contributed by atoms with Crippen molar-refractivity contribution in [2.45, 2.75) is 63.5 Å². The number of aliphatic carboxylic acids is 1. The Morgan fingerprint density at radius 2 is 2.20 bits per heavy atom. The summed E-state index contributed by atoms with van der Waals surface area (Å²) >= 11 is 0. The molecular formula is C22H28N4O4. The Balaban J connectivity index is 1.51. The Hall–Kier alpha value is -3.08. The van der Waals surface area contributed by atoms with E-state index in [1.807, 2.05) is 6.07 Å². The van der Waals surface area contributed by atoms with E-state index >= 15 is 0 Å². The lowest BCUT2D eigenvalue weighted by Gasteiger charge is -2.23. The van der Waals surface area contributed by atoms with Gasteiger partial charge in [0.2, 0.25) is 11.8 Å². The van der Waals surface area contributed by atoms with Crippen molar-refractivity contribution in [3.05, 3.63) is 23.4 Å². The van der Waals surface area contributed by atoms with E-state index in [0.29, 0.717) is 12.8 Å². The van der Waals surface area contributed by atoms with Crippen LogP contribution in [0.2, 0.25) is 0 Å². The minimum absolute atomic E-state index is 0.0517. The summed E-state index contributed by atoms with van der Waals surface area (Å²) in [6, 6.07) is 1.23. The number of hydrogen-bond acceptors (Lipinski definition) is 5. The summed E-state index contributed by atoms with van der Waals surface area (Å²) in [6.45, 7) is 0.850. The number of terminal acetylenes is 1. The molecule has 2 aliphatic rings.